The number of hydrogen-bond acceptors (Lipinski definition) is 6. The van der Waals surface area contributed by atoms with Gasteiger partial charge in [-0.3, -0.25) is 19.2 Å². The van der Waals surface area contributed by atoms with Crippen molar-refractivity contribution in [1.82, 2.24) is 10.2 Å². The number of Topliss-reactive ketones (excluding diaryl/α,β-unsaturated/α-hetero) is 1. The van der Waals surface area contributed by atoms with Gasteiger partial charge in [0.15, 0.2) is 0 Å². The van der Waals surface area contributed by atoms with Gasteiger partial charge in [0, 0.05) is 50.0 Å². The van der Waals surface area contributed by atoms with Crippen LogP contribution in [0.1, 0.15) is 74.9 Å². The highest BCUT2D eigenvalue weighted by Crippen LogP contribution is 2.23. The van der Waals surface area contributed by atoms with Crippen molar-refractivity contribution in [3.63, 3.8) is 0 Å². The lowest BCUT2D eigenvalue weighted by atomic mass is 9.92. The van der Waals surface area contributed by atoms with Gasteiger partial charge in [-0.2, -0.15) is 0 Å². The van der Waals surface area contributed by atoms with Gasteiger partial charge in [-0.15, -0.1) is 0 Å². The Morgan fingerprint density at radius 2 is 1.63 bits per heavy atom. The van der Waals surface area contributed by atoms with E-state index in [1.165, 1.54) is 11.8 Å². The molecular formula is C32H41N3O6. The Hall–Kier alpha value is -4.01. The number of nitrogens with one attached hydrogen (secondary N) is 2. The molecule has 9 nitrogen and oxygen atoms in total. The fourth-order valence-electron chi connectivity index (χ4n) is 4.79. The molecule has 0 saturated carbocycles. The average molecular weight is 564 g/mol. The monoisotopic (exact) mass is 563 g/mol. The van der Waals surface area contributed by atoms with E-state index >= 15 is 0 Å². The first-order valence-electron chi connectivity index (χ1n) is 14.1. The van der Waals surface area contributed by atoms with E-state index < -0.39 is 23.5 Å². The standard InChI is InChI=1S/C32H41N3O6/c1-21-8-10-23(11-9-21)19-25(20-33-30(39)24-12-14-26(15-13-24)34-22(2)36)28(37)16-17-29(38)35-18-6-7-27(35)31(40)41-32(3,4)5/h8-15,25,27H,6-7,16-20H2,1-5H3,(H,33,39)(H,34,36)/t25-,27+/m1/s1. The van der Waals surface area contributed by atoms with Crippen molar-refractivity contribution >= 4 is 35.2 Å². The number of esters is 1. The quantitative estimate of drug-likeness (QED) is 0.395. The van der Waals surface area contributed by atoms with E-state index in [4.69, 9.17) is 4.74 Å². The highest BCUT2D eigenvalue weighted by molar-refractivity contribution is 5.96. The summed E-state index contributed by atoms with van der Waals surface area (Å²) in [7, 11) is 0. The Morgan fingerprint density at radius 1 is 0.976 bits per heavy atom. The number of aryl methyl sites for hydroxylation is 1. The summed E-state index contributed by atoms with van der Waals surface area (Å²) in [4.78, 5) is 64.7. The first kappa shape index (κ1) is 31.5. The zero-order chi connectivity index (χ0) is 30.2. The number of benzene rings is 2. The van der Waals surface area contributed by atoms with E-state index in [9.17, 15) is 24.0 Å². The molecule has 2 aromatic carbocycles. The maximum Gasteiger partial charge on any atom is 0.329 e. The van der Waals surface area contributed by atoms with Gasteiger partial charge in [-0.05, 0) is 76.8 Å². The summed E-state index contributed by atoms with van der Waals surface area (Å²) < 4.78 is 5.50. The topological polar surface area (TPSA) is 122 Å². The minimum absolute atomic E-state index is 0.00812. The molecule has 0 radical (unpaired) electrons. The molecule has 41 heavy (non-hydrogen) atoms. The second kappa shape index (κ2) is 14.1. The third kappa shape index (κ3) is 9.84. The lowest BCUT2D eigenvalue weighted by Crippen LogP contribution is -2.43. The van der Waals surface area contributed by atoms with Gasteiger partial charge < -0.3 is 20.3 Å². The van der Waals surface area contributed by atoms with E-state index in [1.54, 1.807) is 45.0 Å². The predicted octanol–water partition coefficient (Wildman–Crippen LogP) is 4.22. The molecule has 0 bridgehead atoms. The molecule has 1 heterocycles. The summed E-state index contributed by atoms with van der Waals surface area (Å²) in [6, 6.07) is 13.7. The average Bonchev–Trinajstić information content (AvgIpc) is 3.40. The van der Waals surface area contributed by atoms with Gasteiger partial charge in [-0.25, -0.2) is 4.79 Å². The smallest absolute Gasteiger partial charge is 0.329 e. The summed E-state index contributed by atoms with van der Waals surface area (Å²) in [5.74, 6) is -1.87. The molecule has 1 aliphatic rings. The van der Waals surface area contributed by atoms with Gasteiger partial charge in [-0.1, -0.05) is 29.8 Å². The predicted molar refractivity (Wildman–Crippen MR) is 156 cm³/mol. The van der Waals surface area contributed by atoms with Crippen molar-refractivity contribution in [2.75, 3.05) is 18.4 Å². The molecule has 2 N–H and O–H groups in total. The number of carbonyl (C=O) groups excluding carboxylic acids is 5. The molecule has 2 atom stereocenters. The first-order valence-corrected chi connectivity index (χ1v) is 14.1. The number of anilines is 1. The van der Waals surface area contributed by atoms with E-state index in [0.717, 1.165) is 11.1 Å². The second-order valence-electron chi connectivity index (χ2n) is 11.6. The highest BCUT2D eigenvalue weighted by Gasteiger charge is 2.37. The molecule has 9 heteroatoms. The zero-order valence-electron chi connectivity index (χ0n) is 24.6. The van der Waals surface area contributed by atoms with E-state index in [2.05, 4.69) is 10.6 Å². The van der Waals surface area contributed by atoms with Crippen molar-refractivity contribution in [3.8, 4) is 0 Å². The Labute approximate surface area is 242 Å². The summed E-state index contributed by atoms with van der Waals surface area (Å²) in [5.41, 5.74) is 2.39. The number of nitrogens with zero attached hydrogens (tertiary/aromatic N) is 1. The Bertz CT molecular complexity index is 1250. The third-order valence-corrected chi connectivity index (χ3v) is 6.87. The van der Waals surface area contributed by atoms with Crippen LogP contribution in [-0.4, -0.2) is 59.1 Å². The number of ketones is 1. The minimum Gasteiger partial charge on any atom is -0.458 e. The van der Waals surface area contributed by atoms with Crippen molar-refractivity contribution < 1.29 is 28.7 Å². The lowest BCUT2D eigenvalue weighted by molar-refractivity contribution is -0.163. The van der Waals surface area contributed by atoms with Crippen LogP contribution in [0.2, 0.25) is 0 Å². The van der Waals surface area contributed by atoms with Crippen LogP contribution in [0.25, 0.3) is 0 Å². The molecule has 0 aromatic heterocycles. The van der Waals surface area contributed by atoms with Gasteiger partial charge in [0.1, 0.15) is 17.4 Å². The number of rotatable bonds is 11. The normalized spacial score (nSPS) is 15.6. The van der Waals surface area contributed by atoms with Crippen molar-refractivity contribution in [1.29, 1.82) is 0 Å². The van der Waals surface area contributed by atoms with Gasteiger partial charge in [0.25, 0.3) is 5.91 Å². The van der Waals surface area contributed by atoms with E-state index in [1.807, 2.05) is 31.2 Å². The number of ether oxygens (including phenoxy) is 1. The number of carbonyl (C=O) groups is 5. The maximum atomic E-state index is 13.4. The minimum atomic E-state index is -0.647. The van der Waals surface area contributed by atoms with Gasteiger partial charge >= 0.3 is 5.97 Å². The molecule has 1 aliphatic heterocycles. The van der Waals surface area contributed by atoms with E-state index in [-0.39, 0.29) is 42.9 Å². The molecule has 0 aliphatic carbocycles. The summed E-state index contributed by atoms with van der Waals surface area (Å²) >= 11 is 0. The van der Waals surface area contributed by atoms with E-state index in [0.29, 0.717) is 37.1 Å². The van der Waals surface area contributed by atoms with Crippen LogP contribution < -0.4 is 10.6 Å². The highest BCUT2D eigenvalue weighted by atomic mass is 16.6. The molecule has 3 amide bonds. The Morgan fingerprint density at radius 3 is 2.24 bits per heavy atom. The van der Waals surface area contributed by atoms with Crippen molar-refractivity contribution in [2.45, 2.75) is 78.4 Å². The third-order valence-electron chi connectivity index (χ3n) is 6.87. The van der Waals surface area contributed by atoms with Crippen LogP contribution in [0, 0.1) is 12.8 Å². The molecule has 0 spiro atoms. The first-order chi connectivity index (χ1) is 19.3. The summed E-state index contributed by atoms with van der Waals surface area (Å²) in [6.45, 7) is 9.33. The van der Waals surface area contributed by atoms with Gasteiger partial charge in [0.05, 0.1) is 0 Å². The summed E-state index contributed by atoms with van der Waals surface area (Å²) in [6.07, 6.45) is 1.66. The maximum absolute atomic E-state index is 13.4. The molecule has 1 saturated heterocycles. The molecule has 1 fully saturated rings. The van der Waals surface area contributed by atoms with Crippen LogP contribution in [0.4, 0.5) is 5.69 Å². The number of amides is 3. The zero-order valence-corrected chi connectivity index (χ0v) is 24.6. The van der Waals surface area contributed by atoms with Gasteiger partial charge in [0.2, 0.25) is 11.8 Å². The largest absolute Gasteiger partial charge is 0.458 e. The molecular weight excluding hydrogens is 522 g/mol. The molecule has 220 valence electrons. The van der Waals surface area contributed by atoms with Crippen molar-refractivity contribution in [2.24, 2.45) is 5.92 Å². The Balaban J connectivity index is 1.64. The van der Waals surface area contributed by atoms with Crippen LogP contribution in [0.5, 0.6) is 0 Å². The fraction of sp³-hybridized carbons (Fsp3) is 0.469. The molecule has 0 unspecified atom stereocenters. The molecule has 3 rings (SSSR count). The number of likely N-dealkylation sites (tertiary alicyclic amines) is 1. The van der Waals surface area contributed by atoms with Crippen molar-refractivity contribution in [3.05, 3.63) is 65.2 Å². The second-order valence-corrected chi connectivity index (χ2v) is 11.6. The fourth-order valence-corrected chi connectivity index (χ4v) is 4.79. The lowest BCUT2D eigenvalue weighted by Gasteiger charge is -2.27. The molecule has 2 aromatic rings. The number of hydrogen-bond donors (Lipinski definition) is 2. The van der Waals surface area contributed by atoms with Crippen LogP contribution in [0.15, 0.2) is 48.5 Å². The van der Waals surface area contributed by atoms with Crippen LogP contribution >= 0.6 is 0 Å². The summed E-state index contributed by atoms with van der Waals surface area (Å²) in [5, 5.41) is 5.51. The Kier molecular flexibility index (Phi) is 10.8. The van der Waals surface area contributed by atoms with Crippen LogP contribution in [-0.2, 0) is 30.3 Å². The SMILES string of the molecule is CC(=O)Nc1ccc(C(=O)NC[C@@H](Cc2ccc(C)cc2)C(=O)CCC(=O)N2CCC[C@H]2C(=O)OC(C)(C)C)cc1. The van der Waals surface area contributed by atoms with Crippen LogP contribution in [0.3, 0.4) is 0 Å².